The van der Waals surface area contributed by atoms with E-state index in [1.807, 2.05) is 0 Å². The van der Waals surface area contributed by atoms with Crippen LogP contribution in [-0.2, 0) is 11.2 Å². The maximum absolute atomic E-state index is 10.7. The molecule has 106 valence electrons. The van der Waals surface area contributed by atoms with Gasteiger partial charge in [0, 0.05) is 6.42 Å². The number of halogens is 1. The first kappa shape index (κ1) is 21.7. The summed E-state index contributed by atoms with van der Waals surface area (Å²) in [5, 5.41) is 27.0. The van der Waals surface area contributed by atoms with Crippen molar-refractivity contribution in [2.75, 3.05) is 0 Å². The van der Waals surface area contributed by atoms with E-state index in [1.54, 1.807) is 0 Å². The summed E-state index contributed by atoms with van der Waals surface area (Å²) < 4.78 is 0. The van der Waals surface area contributed by atoms with E-state index in [-0.39, 0.29) is 41.3 Å². The van der Waals surface area contributed by atoms with E-state index in [0.717, 1.165) is 0 Å². The Labute approximate surface area is 110 Å². The Morgan fingerprint density at radius 2 is 1.78 bits per heavy atom. The normalized spacial score (nSPS) is 12.1. The van der Waals surface area contributed by atoms with Crippen LogP contribution >= 0.6 is 12.4 Å². The molecule has 18 heavy (non-hydrogen) atoms. The van der Waals surface area contributed by atoms with Crippen LogP contribution < -0.4 is 5.73 Å². The fraction of sp³-hybridized carbons (Fsp3) is 0.300. The largest absolute Gasteiger partial charge is 0.504 e. The lowest BCUT2D eigenvalue weighted by Gasteiger charge is -2.19. The summed E-state index contributed by atoms with van der Waals surface area (Å²) in [6, 6.07) is 4.11. The first-order chi connectivity index (χ1) is 6.83. The van der Waals surface area contributed by atoms with Gasteiger partial charge in [-0.3, -0.25) is 4.79 Å². The molecule has 0 saturated carbocycles. The standard InChI is InChI=1S/C10H13NO4.ClH.2H2O/c1-10(11,9(14)15)5-6-2-3-7(12)8(13)4-6;;;/h2-4,12-13H,5,11H2,1H3,(H,14,15);1H;2*1H2. The van der Waals surface area contributed by atoms with Crippen LogP contribution in [0.15, 0.2) is 18.2 Å². The van der Waals surface area contributed by atoms with Crippen molar-refractivity contribution in [2.45, 2.75) is 18.9 Å². The number of rotatable bonds is 3. The molecule has 9 N–H and O–H groups in total. The number of phenolic OH excluding ortho intramolecular Hbond substituents is 2. The summed E-state index contributed by atoms with van der Waals surface area (Å²) in [6.07, 6.45) is 0.0795. The molecule has 1 rings (SSSR count). The number of carbonyl (C=O) groups is 1. The molecule has 0 aromatic heterocycles. The lowest BCUT2D eigenvalue weighted by molar-refractivity contribution is -0.142. The van der Waals surface area contributed by atoms with Crippen LogP contribution in [0.1, 0.15) is 12.5 Å². The van der Waals surface area contributed by atoms with Crippen LogP contribution in [0.3, 0.4) is 0 Å². The number of aliphatic carboxylic acids is 1. The Hall–Kier alpha value is -1.54. The van der Waals surface area contributed by atoms with Crippen molar-refractivity contribution >= 4 is 18.4 Å². The molecule has 0 bridgehead atoms. The Kier molecular flexibility index (Phi) is 9.32. The number of carboxylic acid groups (broad SMARTS) is 1. The second-order valence-corrected chi connectivity index (χ2v) is 3.72. The summed E-state index contributed by atoms with van der Waals surface area (Å²) in [6.45, 7) is 1.39. The molecule has 7 nitrogen and oxygen atoms in total. The summed E-state index contributed by atoms with van der Waals surface area (Å²) in [7, 11) is 0. The Bertz CT molecular complexity index is 396. The predicted molar refractivity (Wildman–Crippen MR) is 68.2 cm³/mol. The minimum absolute atomic E-state index is 0. The molecule has 0 saturated heterocycles. The third kappa shape index (κ3) is 5.19. The first-order valence-electron chi connectivity index (χ1n) is 4.36. The average Bonchev–Trinajstić information content (AvgIpc) is 2.10. The lowest BCUT2D eigenvalue weighted by Crippen LogP contribution is -2.46. The monoisotopic (exact) mass is 283 g/mol. The first-order valence-corrected chi connectivity index (χ1v) is 4.36. The zero-order valence-corrected chi connectivity index (χ0v) is 10.5. The van der Waals surface area contributed by atoms with Crippen LogP contribution in [-0.4, -0.2) is 37.8 Å². The number of aromatic hydroxyl groups is 2. The predicted octanol–water partition coefficient (Wildman–Crippen LogP) is -0.785. The molecule has 1 aromatic carbocycles. The van der Waals surface area contributed by atoms with E-state index in [4.69, 9.17) is 15.9 Å². The molecule has 0 radical (unpaired) electrons. The van der Waals surface area contributed by atoms with E-state index in [1.165, 1.54) is 25.1 Å². The van der Waals surface area contributed by atoms with Gasteiger partial charge in [0.05, 0.1) is 0 Å². The van der Waals surface area contributed by atoms with Crippen LogP contribution in [0, 0.1) is 0 Å². The lowest BCUT2D eigenvalue weighted by atomic mass is 9.94. The number of benzene rings is 1. The van der Waals surface area contributed by atoms with Crippen LogP contribution in [0.25, 0.3) is 0 Å². The van der Waals surface area contributed by atoms with Gasteiger partial charge in [0.25, 0.3) is 0 Å². The molecular weight excluding hydrogens is 266 g/mol. The van der Waals surface area contributed by atoms with Gasteiger partial charge in [-0.15, -0.1) is 12.4 Å². The zero-order chi connectivity index (χ0) is 11.6. The van der Waals surface area contributed by atoms with Gasteiger partial charge in [-0.05, 0) is 24.6 Å². The van der Waals surface area contributed by atoms with Gasteiger partial charge in [-0.2, -0.15) is 0 Å². The molecule has 1 aromatic rings. The number of hydrogen-bond donors (Lipinski definition) is 4. The maximum Gasteiger partial charge on any atom is 0.323 e. The summed E-state index contributed by atoms with van der Waals surface area (Å²) in [4.78, 5) is 10.7. The van der Waals surface area contributed by atoms with Crippen molar-refractivity contribution in [3.8, 4) is 11.5 Å². The molecule has 0 heterocycles. The third-order valence-electron chi connectivity index (χ3n) is 2.10. The van der Waals surface area contributed by atoms with E-state index in [0.29, 0.717) is 5.56 Å². The zero-order valence-electron chi connectivity index (χ0n) is 9.67. The second kappa shape index (κ2) is 7.72. The highest BCUT2D eigenvalue weighted by Crippen LogP contribution is 2.26. The topological polar surface area (TPSA) is 167 Å². The highest BCUT2D eigenvalue weighted by atomic mass is 35.5. The smallest absolute Gasteiger partial charge is 0.323 e. The Morgan fingerprint density at radius 1 is 1.28 bits per heavy atom. The van der Waals surface area contributed by atoms with Crippen molar-refractivity contribution in [3.05, 3.63) is 23.8 Å². The molecule has 0 aliphatic heterocycles. The van der Waals surface area contributed by atoms with E-state index in [9.17, 15) is 9.90 Å². The number of hydrogen-bond acceptors (Lipinski definition) is 4. The van der Waals surface area contributed by atoms with Crippen molar-refractivity contribution in [3.63, 3.8) is 0 Å². The molecule has 0 amide bonds. The highest BCUT2D eigenvalue weighted by Gasteiger charge is 2.28. The fourth-order valence-electron chi connectivity index (χ4n) is 1.18. The summed E-state index contributed by atoms with van der Waals surface area (Å²) in [5.41, 5.74) is 4.70. The van der Waals surface area contributed by atoms with Crippen LogP contribution in [0.4, 0.5) is 0 Å². The molecule has 1 unspecified atom stereocenters. The van der Waals surface area contributed by atoms with Gasteiger partial charge in [0.15, 0.2) is 11.5 Å². The molecular formula is C10H18ClNO6. The van der Waals surface area contributed by atoms with Gasteiger partial charge in [0.2, 0.25) is 0 Å². The fourth-order valence-corrected chi connectivity index (χ4v) is 1.18. The van der Waals surface area contributed by atoms with E-state index in [2.05, 4.69) is 0 Å². The Balaban J connectivity index is -0.000000750. The van der Waals surface area contributed by atoms with Gasteiger partial charge < -0.3 is 32.0 Å². The minimum atomic E-state index is -1.39. The maximum atomic E-state index is 10.7. The van der Waals surface area contributed by atoms with Crippen molar-refractivity contribution in [1.82, 2.24) is 0 Å². The Morgan fingerprint density at radius 3 is 2.17 bits per heavy atom. The average molecular weight is 284 g/mol. The number of carboxylic acids is 1. The van der Waals surface area contributed by atoms with Crippen molar-refractivity contribution in [1.29, 1.82) is 0 Å². The van der Waals surface area contributed by atoms with Crippen LogP contribution in [0.2, 0.25) is 0 Å². The van der Waals surface area contributed by atoms with Gasteiger partial charge >= 0.3 is 5.97 Å². The third-order valence-corrected chi connectivity index (χ3v) is 2.10. The summed E-state index contributed by atoms with van der Waals surface area (Å²) >= 11 is 0. The molecule has 0 aliphatic carbocycles. The van der Waals surface area contributed by atoms with Crippen molar-refractivity contribution < 1.29 is 31.1 Å². The van der Waals surface area contributed by atoms with E-state index < -0.39 is 11.5 Å². The molecule has 0 fully saturated rings. The van der Waals surface area contributed by atoms with Gasteiger partial charge in [-0.25, -0.2) is 0 Å². The highest BCUT2D eigenvalue weighted by molar-refractivity contribution is 5.85. The summed E-state index contributed by atoms with van der Waals surface area (Å²) in [5.74, 6) is -1.64. The minimum Gasteiger partial charge on any atom is -0.504 e. The van der Waals surface area contributed by atoms with Crippen LogP contribution in [0.5, 0.6) is 11.5 Å². The molecule has 0 spiro atoms. The second-order valence-electron chi connectivity index (χ2n) is 3.72. The number of nitrogens with two attached hydrogens (primary N) is 1. The molecule has 1 atom stereocenters. The SMILES string of the molecule is CC(N)(Cc1ccc(O)c(O)c1)C(=O)O.Cl.O.O. The molecule has 0 aliphatic rings. The van der Waals surface area contributed by atoms with Gasteiger partial charge in [-0.1, -0.05) is 6.07 Å². The number of phenols is 2. The van der Waals surface area contributed by atoms with Gasteiger partial charge in [0.1, 0.15) is 5.54 Å². The van der Waals surface area contributed by atoms with E-state index >= 15 is 0 Å². The quantitative estimate of drug-likeness (QED) is 0.533. The van der Waals surface area contributed by atoms with Crippen molar-refractivity contribution in [2.24, 2.45) is 5.73 Å². The molecule has 8 heteroatoms.